The van der Waals surface area contributed by atoms with Crippen LogP contribution >= 0.6 is 0 Å². The summed E-state index contributed by atoms with van der Waals surface area (Å²) < 4.78 is 0. The van der Waals surface area contributed by atoms with Gasteiger partial charge in [-0.05, 0) is 64.0 Å². The Morgan fingerprint density at radius 1 is 1.22 bits per heavy atom. The van der Waals surface area contributed by atoms with E-state index in [0.29, 0.717) is 37.1 Å². The molecule has 3 heterocycles. The van der Waals surface area contributed by atoms with Crippen molar-refractivity contribution in [3.05, 3.63) is 23.4 Å². The van der Waals surface area contributed by atoms with Crippen LogP contribution in [-0.2, 0) is 0 Å². The number of aliphatic hydroxyl groups is 1. The van der Waals surface area contributed by atoms with Crippen LogP contribution in [0.2, 0.25) is 0 Å². The lowest BCUT2D eigenvalue weighted by molar-refractivity contribution is -0.0182. The standard InChI is InChI=1S/C25H38N6O/c1-17-12-13-27-25(30-20-8-4-3-5-9-20)24(17)21(26)10-11-23(32)31-14-6-7-19(16-31)22-15-28-18(2)29-22/h12-13,19-20,23,26,32H,3-11,14-16H2,1-2H3,(H,27,30). The van der Waals surface area contributed by atoms with Crippen molar-refractivity contribution < 1.29 is 5.11 Å². The zero-order valence-corrected chi connectivity index (χ0v) is 19.6. The Hall–Kier alpha value is -2.12. The molecule has 1 aromatic heterocycles. The van der Waals surface area contributed by atoms with Crippen molar-refractivity contribution >= 4 is 23.1 Å². The number of hydrogen-bond acceptors (Lipinski definition) is 7. The molecule has 3 N–H and O–H groups in total. The molecule has 174 valence electrons. The first kappa shape index (κ1) is 23.1. The van der Waals surface area contributed by atoms with E-state index in [9.17, 15) is 5.11 Å². The number of anilines is 1. The maximum absolute atomic E-state index is 10.9. The fraction of sp³-hybridized carbons (Fsp3) is 0.680. The molecule has 0 aromatic carbocycles. The summed E-state index contributed by atoms with van der Waals surface area (Å²) in [4.78, 5) is 15.7. The molecule has 2 unspecified atom stereocenters. The summed E-state index contributed by atoms with van der Waals surface area (Å²) in [5.74, 6) is 2.09. The molecule has 1 saturated carbocycles. The molecule has 2 atom stereocenters. The van der Waals surface area contributed by atoms with Crippen LogP contribution in [-0.4, -0.2) is 64.2 Å². The molecule has 3 aliphatic rings. The second kappa shape index (κ2) is 10.7. The molecular formula is C25H38N6O. The largest absolute Gasteiger partial charge is 0.378 e. The Labute approximate surface area is 192 Å². The average molecular weight is 439 g/mol. The highest BCUT2D eigenvalue weighted by atomic mass is 16.3. The van der Waals surface area contributed by atoms with E-state index in [1.807, 2.05) is 19.2 Å². The Morgan fingerprint density at radius 3 is 2.78 bits per heavy atom. The van der Waals surface area contributed by atoms with Crippen LogP contribution in [0, 0.1) is 18.3 Å². The third-order valence-corrected chi connectivity index (χ3v) is 7.18. The second-order valence-electron chi connectivity index (χ2n) is 9.63. The van der Waals surface area contributed by atoms with Crippen LogP contribution in [0.1, 0.15) is 75.8 Å². The summed E-state index contributed by atoms with van der Waals surface area (Å²) in [6.45, 7) is 6.44. The number of hydrogen-bond donors (Lipinski definition) is 3. The van der Waals surface area contributed by atoms with Gasteiger partial charge in [-0.15, -0.1) is 0 Å². The molecule has 1 aromatic rings. The summed E-state index contributed by atoms with van der Waals surface area (Å²) in [6.07, 6.45) is 10.8. The molecule has 1 saturated heterocycles. The molecule has 2 aliphatic heterocycles. The van der Waals surface area contributed by atoms with Crippen LogP contribution in [0.3, 0.4) is 0 Å². The zero-order valence-electron chi connectivity index (χ0n) is 19.6. The zero-order chi connectivity index (χ0) is 22.5. The average Bonchev–Trinajstić information content (AvgIpc) is 3.24. The number of pyridine rings is 1. The Kier molecular flexibility index (Phi) is 7.68. The summed E-state index contributed by atoms with van der Waals surface area (Å²) in [7, 11) is 0. The Balaban J connectivity index is 1.34. The van der Waals surface area contributed by atoms with E-state index in [2.05, 4.69) is 32.1 Å². The van der Waals surface area contributed by atoms with E-state index in [1.54, 1.807) is 0 Å². The van der Waals surface area contributed by atoms with Crippen molar-refractivity contribution in [1.29, 1.82) is 5.41 Å². The maximum atomic E-state index is 10.9. The van der Waals surface area contributed by atoms with Gasteiger partial charge in [0.25, 0.3) is 0 Å². The number of likely N-dealkylation sites (tertiary alicyclic amines) is 1. The Morgan fingerprint density at radius 2 is 2.03 bits per heavy atom. The van der Waals surface area contributed by atoms with Gasteiger partial charge in [0.1, 0.15) is 17.9 Å². The predicted molar refractivity (Wildman–Crippen MR) is 131 cm³/mol. The first-order valence-corrected chi connectivity index (χ1v) is 12.3. The monoisotopic (exact) mass is 438 g/mol. The molecule has 32 heavy (non-hydrogen) atoms. The predicted octanol–water partition coefficient (Wildman–Crippen LogP) is 4.19. The van der Waals surface area contributed by atoms with Crippen molar-refractivity contribution in [3.63, 3.8) is 0 Å². The summed E-state index contributed by atoms with van der Waals surface area (Å²) >= 11 is 0. The topological polar surface area (TPSA) is 97.0 Å². The lowest BCUT2D eigenvalue weighted by Crippen LogP contribution is -2.45. The highest BCUT2D eigenvalue weighted by Crippen LogP contribution is 2.26. The van der Waals surface area contributed by atoms with Gasteiger partial charge in [-0.2, -0.15) is 0 Å². The molecule has 0 bridgehead atoms. The number of aromatic nitrogens is 1. The van der Waals surface area contributed by atoms with Gasteiger partial charge in [0.2, 0.25) is 0 Å². The molecule has 0 radical (unpaired) electrons. The molecule has 4 rings (SSSR count). The van der Waals surface area contributed by atoms with Crippen molar-refractivity contribution in [3.8, 4) is 0 Å². The third-order valence-electron chi connectivity index (χ3n) is 7.18. The minimum atomic E-state index is -0.533. The fourth-order valence-electron chi connectivity index (χ4n) is 5.31. The number of piperidine rings is 1. The van der Waals surface area contributed by atoms with Gasteiger partial charge in [0.15, 0.2) is 0 Å². The first-order valence-electron chi connectivity index (χ1n) is 12.3. The van der Waals surface area contributed by atoms with E-state index in [-0.39, 0.29) is 0 Å². The lowest BCUT2D eigenvalue weighted by atomic mass is 9.92. The van der Waals surface area contributed by atoms with Crippen molar-refractivity contribution in [2.45, 2.75) is 83.9 Å². The van der Waals surface area contributed by atoms with E-state index in [1.165, 1.54) is 32.1 Å². The summed E-state index contributed by atoms with van der Waals surface area (Å²) in [6, 6.07) is 2.43. The minimum absolute atomic E-state index is 0.380. The number of nitrogens with zero attached hydrogens (tertiary/aromatic N) is 4. The van der Waals surface area contributed by atoms with Gasteiger partial charge in [0, 0.05) is 48.2 Å². The highest BCUT2D eigenvalue weighted by Gasteiger charge is 2.29. The number of aliphatic hydroxyl groups excluding tert-OH is 1. The van der Waals surface area contributed by atoms with Crippen LogP contribution in [0.15, 0.2) is 22.2 Å². The summed E-state index contributed by atoms with van der Waals surface area (Å²) in [5.41, 5.74) is 3.71. The van der Waals surface area contributed by atoms with Crippen LogP contribution in [0.4, 0.5) is 5.82 Å². The second-order valence-corrected chi connectivity index (χ2v) is 9.63. The van der Waals surface area contributed by atoms with Crippen molar-refractivity contribution in [1.82, 2.24) is 9.88 Å². The van der Waals surface area contributed by atoms with Gasteiger partial charge < -0.3 is 15.8 Å². The molecule has 0 spiro atoms. The smallest absolute Gasteiger partial charge is 0.135 e. The van der Waals surface area contributed by atoms with E-state index in [0.717, 1.165) is 54.4 Å². The van der Waals surface area contributed by atoms with Crippen LogP contribution in [0.25, 0.3) is 0 Å². The molecule has 0 amide bonds. The fourth-order valence-corrected chi connectivity index (χ4v) is 5.31. The van der Waals surface area contributed by atoms with Gasteiger partial charge in [-0.1, -0.05) is 19.3 Å². The van der Waals surface area contributed by atoms with Gasteiger partial charge in [0.05, 0.1) is 6.54 Å². The van der Waals surface area contributed by atoms with E-state index < -0.39 is 6.23 Å². The van der Waals surface area contributed by atoms with Gasteiger partial charge >= 0.3 is 0 Å². The third kappa shape index (κ3) is 5.62. The SMILES string of the molecule is CC1=NCC(C2CCCN(C(O)CCC(=N)c3c(C)ccnc3NC3CCCCC3)C2)=N1. The molecular weight excluding hydrogens is 400 g/mol. The van der Waals surface area contributed by atoms with Crippen molar-refractivity contribution in [2.24, 2.45) is 15.9 Å². The molecule has 2 fully saturated rings. The maximum Gasteiger partial charge on any atom is 0.135 e. The van der Waals surface area contributed by atoms with E-state index in [4.69, 9.17) is 5.41 Å². The van der Waals surface area contributed by atoms with Gasteiger partial charge in [-0.25, -0.2) is 9.98 Å². The van der Waals surface area contributed by atoms with Crippen LogP contribution < -0.4 is 5.32 Å². The minimum Gasteiger partial charge on any atom is -0.378 e. The number of amidine groups is 1. The first-order chi connectivity index (χ1) is 15.5. The number of rotatable bonds is 8. The molecule has 7 heteroatoms. The van der Waals surface area contributed by atoms with Crippen molar-refractivity contribution in [2.75, 3.05) is 25.0 Å². The highest BCUT2D eigenvalue weighted by molar-refractivity contribution is 6.04. The Bertz CT molecular complexity index is 873. The molecule has 7 nitrogen and oxygen atoms in total. The van der Waals surface area contributed by atoms with Gasteiger partial charge in [-0.3, -0.25) is 9.89 Å². The van der Waals surface area contributed by atoms with Crippen LogP contribution in [0.5, 0.6) is 0 Å². The molecule has 1 aliphatic carbocycles. The number of aliphatic imine (C=N–C) groups is 2. The lowest BCUT2D eigenvalue weighted by Gasteiger charge is -2.36. The summed E-state index contributed by atoms with van der Waals surface area (Å²) in [5, 5.41) is 23.3. The number of aryl methyl sites for hydroxylation is 1. The van der Waals surface area contributed by atoms with E-state index >= 15 is 0 Å². The normalized spacial score (nSPS) is 23.5. The number of nitrogens with one attached hydrogen (secondary N) is 2. The quantitative estimate of drug-likeness (QED) is 0.530.